The summed E-state index contributed by atoms with van der Waals surface area (Å²) in [6.45, 7) is 0. The van der Waals surface area contributed by atoms with Gasteiger partial charge in [0.05, 0.1) is 15.9 Å². The van der Waals surface area contributed by atoms with Crippen molar-refractivity contribution in [1.82, 2.24) is 4.98 Å². The van der Waals surface area contributed by atoms with E-state index in [9.17, 15) is 0 Å². The van der Waals surface area contributed by atoms with Crippen molar-refractivity contribution in [3.8, 4) is 32.8 Å². The van der Waals surface area contributed by atoms with E-state index in [4.69, 9.17) is 9.40 Å². The molecular weight excluding hydrogens is 641 g/mol. The minimum atomic E-state index is 0.865. The maximum Gasteiger partial charge on any atom is 0.137 e. The Morgan fingerprint density at radius 1 is 0.431 bits per heavy atom. The molecule has 10 rings (SSSR count). The number of furan rings is 1. The average Bonchev–Trinajstić information content (AvgIpc) is 3.80. The molecule has 0 saturated heterocycles. The predicted octanol–water partition coefficient (Wildman–Crippen LogP) is 13.8. The van der Waals surface area contributed by atoms with E-state index >= 15 is 0 Å². The number of benzene rings is 8. The molecule has 0 aliphatic carbocycles. The zero-order chi connectivity index (χ0) is 33.7. The Hall–Kier alpha value is -6.49. The summed E-state index contributed by atoms with van der Waals surface area (Å²) in [6, 6.07) is 64.5. The number of nitrogens with zero attached hydrogens (tertiary/aromatic N) is 2. The zero-order valence-corrected chi connectivity index (χ0v) is 28.3. The standard InChI is InChI=1S/C47H30N2OS/c1-2-10-31(11-3-1)32-18-20-33(21-19-32)34-22-24-35(25-23-34)49(36-26-27-40-39-14-6-8-16-44(39)50-45(40)30-36)43-29-28-41(37-12-4-5-13-38(37)43)47-48-42-15-7-9-17-46(42)51-47/h1-30H. The van der Waals surface area contributed by atoms with Gasteiger partial charge in [0.1, 0.15) is 16.2 Å². The van der Waals surface area contributed by atoms with Crippen molar-refractivity contribution in [2.75, 3.05) is 4.90 Å². The van der Waals surface area contributed by atoms with E-state index in [0.717, 1.165) is 60.5 Å². The second-order valence-corrected chi connectivity index (χ2v) is 13.8. The van der Waals surface area contributed by atoms with E-state index in [1.165, 1.54) is 32.3 Å². The summed E-state index contributed by atoms with van der Waals surface area (Å²) in [7, 11) is 0. The van der Waals surface area contributed by atoms with Gasteiger partial charge in [0.15, 0.2) is 0 Å². The third kappa shape index (κ3) is 5.16. The van der Waals surface area contributed by atoms with Crippen molar-refractivity contribution in [3.05, 3.63) is 182 Å². The smallest absolute Gasteiger partial charge is 0.137 e. The first kappa shape index (κ1) is 29.4. The Morgan fingerprint density at radius 3 is 1.78 bits per heavy atom. The van der Waals surface area contributed by atoms with Crippen molar-refractivity contribution in [1.29, 1.82) is 0 Å². The molecule has 0 unspecified atom stereocenters. The van der Waals surface area contributed by atoms with E-state index < -0.39 is 0 Å². The minimum Gasteiger partial charge on any atom is -0.456 e. The first-order chi connectivity index (χ1) is 25.3. The summed E-state index contributed by atoms with van der Waals surface area (Å²) in [5, 5.41) is 5.58. The summed E-state index contributed by atoms with van der Waals surface area (Å²) in [5.41, 5.74) is 11.9. The third-order valence-corrected chi connectivity index (χ3v) is 10.8. The molecular formula is C47H30N2OS. The van der Waals surface area contributed by atoms with E-state index in [2.05, 4.69) is 175 Å². The molecule has 8 aromatic carbocycles. The van der Waals surface area contributed by atoms with Gasteiger partial charge in [0, 0.05) is 39.2 Å². The molecule has 0 fully saturated rings. The summed E-state index contributed by atoms with van der Waals surface area (Å²) in [4.78, 5) is 7.38. The maximum atomic E-state index is 6.39. The van der Waals surface area contributed by atoms with E-state index in [1.807, 2.05) is 12.1 Å². The molecule has 0 N–H and O–H groups in total. The number of rotatable bonds is 6. The molecule has 0 bridgehead atoms. The number of para-hydroxylation sites is 2. The van der Waals surface area contributed by atoms with Crippen LogP contribution in [0.2, 0.25) is 0 Å². The molecule has 10 aromatic rings. The van der Waals surface area contributed by atoms with Crippen LogP contribution < -0.4 is 4.90 Å². The number of anilines is 3. The average molecular weight is 671 g/mol. The summed E-state index contributed by atoms with van der Waals surface area (Å²) >= 11 is 1.74. The molecule has 0 saturated carbocycles. The fourth-order valence-corrected chi connectivity index (χ4v) is 8.23. The third-order valence-electron chi connectivity index (χ3n) is 9.74. The SMILES string of the molecule is c1ccc(-c2ccc(-c3ccc(N(c4ccc5c(c4)oc4ccccc45)c4ccc(-c5nc6ccccc6s5)c5ccccc45)cc3)cc2)cc1. The largest absolute Gasteiger partial charge is 0.456 e. The van der Waals surface area contributed by atoms with Crippen molar-refractivity contribution < 1.29 is 4.42 Å². The Balaban J connectivity index is 1.11. The van der Waals surface area contributed by atoms with E-state index in [-0.39, 0.29) is 0 Å². The lowest BCUT2D eigenvalue weighted by atomic mass is 9.99. The normalized spacial score (nSPS) is 11.5. The maximum absolute atomic E-state index is 6.39. The van der Waals surface area contributed by atoms with Crippen molar-refractivity contribution in [3.63, 3.8) is 0 Å². The van der Waals surface area contributed by atoms with Gasteiger partial charge in [-0.25, -0.2) is 4.98 Å². The van der Waals surface area contributed by atoms with Crippen molar-refractivity contribution >= 4 is 71.3 Å². The first-order valence-electron chi connectivity index (χ1n) is 17.1. The molecule has 0 amide bonds. The fourth-order valence-electron chi connectivity index (χ4n) is 7.22. The molecule has 2 aromatic heterocycles. The molecule has 0 spiro atoms. The highest BCUT2D eigenvalue weighted by molar-refractivity contribution is 7.21. The van der Waals surface area contributed by atoms with Gasteiger partial charge in [-0.1, -0.05) is 121 Å². The zero-order valence-electron chi connectivity index (χ0n) is 27.5. The van der Waals surface area contributed by atoms with Crippen LogP contribution in [0, 0.1) is 0 Å². The highest BCUT2D eigenvalue weighted by Gasteiger charge is 2.20. The molecule has 0 aliphatic heterocycles. The van der Waals surface area contributed by atoms with Gasteiger partial charge in [-0.3, -0.25) is 0 Å². The molecule has 2 heterocycles. The molecule has 240 valence electrons. The second-order valence-electron chi connectivity index (χ2n) is 12.8. The van der Waals surface area contributed by atoms with Crippen molar-refractivity contribution in [2.24, 2.45) is 0 Å². The highest BCUT2D eigenvalue weighted by Crippen LogP contribution is 2.44. The van der Waals surface area contributed by atoms with Gasteiger partial charge in [-0.05, 0) is 82.2 Å². The number of aromatic nitrogens is 1. The topological polar surface area (TPSA) is 29.3 Å². The predicted molar refractivity (Wildman–Crippen MR) is 215 cm³/mol. The van der Waals surface area contributed by atoms with Crippen LogP contribution >= 0.6 is 11.3 Å². The van der Waals surface area contributed by atoms with Crippen molar-refractivity contribution in [2.45, 2.75) is 0 Å². The van der Waals surface area contributed by atoms with Crippen LogP contribution in [0.3, 0.4) is 0 Å². The van der Waals surface area contributed by atoms with Gasteiger partial charge >= 0.3 is 0 Å². The Bertz CT molecular complexity index is 2820. The molecule has 51 heavy (non-hydrogen) atoms. The minimum absolute atomic E-state index is 0.865. The van der Waals surface area contributed by atoms with Crippen LogP contribution in [0.1, 0.15) is 0 Å². The van der Waals surface area contributed by atoms with E-state index in [0.29, 0.717) is 0 Å². The number of thiazole rings is 1. The van der Waals surface area contributed by atoms with Crippen LogP contribution in [0.25, 0.3) is 75.8 Å². The highest BCUT2D eigenvalue weighted by atomic mass is 32.1. The second kappa shape index (κ2) is 12.1. The van der Waals surface area contributed by atoms with Crippen LogP contribution in [0.5, 0.6) is 0 Å². The van der Waals surface area contributed by atoms with Gasteiger partial charge in [-0.2, -0.15) is 0 Å². The lowest BCUT2D eigenvalue weighted by Crippen LogP contribution is -2.10. The Labute approximate surface area is 299 Å². The summed E-state index contributed by atoms with van der Waals surface area (Å²) in [5.74, 6) is 0. The van der Waals surface area contributed by atoms with E-state index in [1.54, 1.807) is 11.3 Å². The van der Waals surface area contributed by atoms with Gasteiger partial charge < -0.3 is 9.32 Å². The Kier molecular flexibility index (Phi) is 7.00. The number of hydrogen-bond acceptors (Lipinski definition) is 4. The number of fused-ring (bicyclic) bond motifs is 5. The lowest BCUT2D eigenvalue weighted by molar-refractivity contribution is 0.669. The molecule has 0 aliphatic rings. The fraction of sp³-hybridized carbons (Fsp3) is 0. The van der Waals surface area contributed by atoms with Crippen LogP contribution in [0.4, 0.5) is 17.1 Å². The molecule has 3 nitrogen and oxygen atoms in total. The van der Waals surface area contributed by atoms with Gasteiger partial charge in [0.2, 0.25) is 0 Å². The molecule has 0 radical (unpaired) electrons. The monoisotopic (exact) mass is 670 g/mol. The lowest BCUT2D eigenvalue weighted by Gasteiger charge is -2.27. The summed E-state index contributed by atoms with van der Waals surface area (Å²) < 4.78 is 7.58. The quantitative estimate of drug-likeness (QED) is 0.176. The molecule has 0 atom stereocenters. The van der Waals surface area contributed by atoms with Crippen LogP contribution in [-0.2, 0) is 0 Å². The first-order valence-corrected chi connectivity index (χ1v) is 17.9. The van der Waals surface area contributed by atoms with Crippen LogP contribution in [0.15, 0.2) is 186 Å². The van der Waals surface area contributed by atoms with Gasteiger partial charge in [-0.15, -0.1) is 11.3 Å². The van der Waals surface area contributed by atoms with Crippen LogP contribution in [-0.4, -0.2) is 4.98 Å². The number of hydrogen-bond donors (Lipinski definition) is 0. The molecule has 4 heteroatoms. The van der Waals surface area contributed by atoms with Gasteiger partial charge in [0.25, 0.3) is 0 Å². The Morgan fingerprint density at radius 2 is 1.02 bits per heavy atom. The summed E-state index contributed by atoms with van der Waals surface area (Å²) in [6.07, 6.45) is 0.